The molecule has 0 saturated carbocycles. The average Bonchev–Trinajstić information content (AvgIpc) is 3.39. The summed E-state index contributed by atoms with van der Waals surface area (Å²) in [5.41, 5.74) is 12.2. The molecule has 0 bridgehead atoms. The molecule has 0 radical (unpaired) electrons. The van der Waals surface area contributed by atoms with Gasteiger partial charge < -0.3 is 9.32 Å². The molecule has 2 heteroatoms. The van der Waals surface area contributed by atoms with Crippen LogP contribution in [-0.2, 0) is 6.42 Å². The lowest BCUT2D eigenvalue weighted by Crippen LogP contribution is -2.13. The van der Waals surface area contributed by atoms with E-state index in [1.807, 2.05) is 6.07 Å². The zero-order valence-electron chi connectivity index (χ0n) is 24.9. The lowest BCUT2D eigenvalue weighted by molar-refractivity contribution is 0.669. The highest BCUT2D eigenvalue weighted by Gasteiger charge is 2.29. The summed E-state index contributed by atoms with van der Waals surface area (Å²) < 4.78 is 6.25. The van der Waals surface area contributed by atoms with E-state index in [4.69, 9.17) is 4.42 Å². The molecule has 0 spiro atoms. The number of para-hydroxylation sites is 2. The van der Waals surface area contributed by atoms with Crippen molar-refractivity contribution in [1.29, 1.82) is 0 Å². The normalized spacial score (nSPS) is 14.3. The second-order valence-electron chi connectivity index (χ2n) is 12.0. The van der Waals surface area contributed by atoms with E-state index in [0.29, 0.717) is 5.92 Å². The van der Waals surface area contributed by atoms with Crippen molar-refractivity contribution in [3.05, 3.63) is 174 Å². The summed E-state index contributed by atoms with van der Waals surface area (Å²) in [6.45, 7) is 0. The predicted octanol–water partition coefficient (Wildman–Crippen LogP) is 12.0. The Balaban J connectivity index is 1.35. The molecular formula is C43H31NO. The van der Waals surface area contributed by atoms with Gasteiger partial charge in [0.1, 0.15) is 11.2 Å². The molecule has 0 N–H and O–H groups in total. The summed E-state index contributed by atoms with van der Waals surface area (Å²) in [5, 5.41) is 4.77. The van der Waals surface area contributed by atoms with E-state index in [2.05, 4.69) is 157 Å². The van der Waals surface area contributed by atoms with Crippen molar-refractivity contribution >= 4 is 49.8 Å². The fourth-order valence-corrected chi connectivity index (χ4v) is 7.48. The Morgan fingerprint density at radius 2 is 1.20 bits per heavy atom. The predicted molar refractivity (Wildman–Crippen MR) is 188 cm³/mol. The molecule has 1 aliphatic carbocycles. The Labute approximate surface area is 262 Å². The minimum atomic E-state index is 0.324. The SMILES string of the molecule is c1ccc(C2CCc3c(cc4ccccc4c3N(c3ccccc3)c3ccc4oc5ccccc5c4c3)-c3ccccc32)cc1. The van der Waals surface area contributed by atoms with Crippen molar-refractivity contribution in [3.8, 4) is 11.1 Å². The largest absolute Gasteiger partial charge is 0.456 e. The number of fused-ring (bicyclic) bond motifs is 7. The standard InChI is InChI=1S/C43H31NO/c1-3-13-29(14-4-1)33-24-25-38-39(36-20-10-9-19-35(33)36)27-30-15-7-8-18-34(30)43(38)44(31-16-5-2-6-17-31)32-23-26-42-40(28-32)37-21-11-12-22-41(37)45-42/h1-23,26-28,33H,24-25H2. The van der Waals surface area contributed by atoms with Crippen LogP contribution in [0, 0.1) is 0 Å². The van der Waals surface area contributed by atoms with Crippen LogP contribution >= 0.6 is 0 Å². The second kappa shape index (κ2) is 10.5. The van der Waals surface area contributed by atoms with Gasteiger partial charge >= 0.3 is 0 Å². The molecule has 9 rings (SSSR count). The first-order chi connectivity index (χ1) is 22.3. The van der Waals surface area contributed by atoms with E-state index in [1.54, 1.807) is 0 Å². The highest BCUT2D eigenvalue weighted by molar-refractivity contribution is 6.09. The molecule has 0 fully saturated rings. The zero-order chi connectivity index (χ0) is 29.7. The topological polar surface area (TPSA) is 16.4 Å². The van der Waals surface area contributed by atoms with Crippen LogP contribution in [-0.4, -0.2) is 0 Å². The van der Waals surface area contributed by atoms with Gasteiger partial charge in [-0.25, -0.2) is 0 Å². The van der Waals surface area contributed by atoms with E-state index in [9.17, 15) is 0 Å². The first-order valence-corrected chi connectivity index (χ1v) is 15.8. The molecule has 1 aliphatic rings. The van der Waals surface area contributed by atoms with Crippen LogP contribution in [0.3, 0.4) is 0 Å². The Hall–Kier alpha value is -5.60. The monoisotopic (exact) mass is 577 g/mol. The van der Waals surface area contributed by atoms with Gasteiger partial charge in [0.05, 0.1) is 5.69 Å². The van der Waals surface area contributed by atoms with Crippen molar-refractivity contribution in [2.75, 3.05) is 4.90 Å². The van der Waals surface area contributed by atoms with Crippen molar-refractivity contribution in [2.24, 2.45) is 0 Å². The third-order valence-corrected chi connectivity index (χ3v) is 9.49. The van der Waals surface area contributed by atoms with Crippen LogP contribution in [0.1, 0.15) is 29.0 Å². The summed E-state index contributed by atoms with van der Waals surface area (Å²) in [4.78, 5) is 2.48. The molecule has 45 heavy (non-hydrogen) atoms. The van der Waals surface area contributed by atoms with Gasteiger partial charge in [0, 0.05) is 33.5 Å². The van der Waals surface area contributed by atoms with Crippen molar-refractivity contribution in [3.63, 3.8) is 0 Å². The summed E-state index contributed by atoms with van der Waals surface area (Å²) in [6, 6.07) is 57.2. The lowest BCUT2D eigenvalue weighted by Gasteiger charge is -2.30. The minimum Gasteiger partial charge on any atom is -0.456 e. The van der Waals surface area contributed by atoms with E-state index in [-0.39, 0.29) is 0 Å². The number of benzene rings is 7. The van der Waals surface area contributed by atoms with Gasteiger partial charge in [0.15, 0.2) is 0 Å². The van der Waals surface area contributed by atoms with Crippen LogP contribution in [0.15, 0.2) is 162 Å². The molecule has 214 valence electrons. The molecule has 1 unspecified atom stereocenters. The van der Waals surface area contributed by atoms with Crippen LogP contribution < -0.4 is 4.90 Å². The van der Waals surface area contributed by atoms with E-state index in [1.165, 1.54) is 44.3 Å². The zero-order valence-corrected chi connectivity index (χ0v) is 24.9. The van der Waals surface area contributed by atoms with E-state index >= 15 is 0 Å². The average molecular weight is 578 g/mol. The maximum absolute atomic E-state index is 6.25. The molecule has 1 atom stereocenters. The fraction of sp³-hybridized carbons (Fsp3) is 0.0698. The van der Waals surface area contributed by atoms with Gasteiger partial charge in [-0.1, -0.05) is 115 Å². The quantitative estimate of drug-likeness (QED) is 0.207. The number of anilines is 3. The molecule has 0 saturated heterocycles. The van der Waals surface area contributed by atoms with E-state index in [0.717, 1.165) is 46.2 Å². The maximum Gasteiger partial charge on any atom is 0.135 e. The van der Waals surface area contributed by atoms with Gasteiger partial charge in [0.25, 0.3) is 0 Å². The molecule has 1 aromatic heterocycles. The minimum absolute atomic E-state index is 0.324. The fourth-order valence-electron chi connectivity index (χ4n) is 7.48. The molecule has 2 nitrogen and oxygen atoms in total. The number of rotatable bonds is 4. The van der Waals surface area contributed by atoms with Crippen LogP contribution in [0.2, 0.25) is 0 Å². The molecular weight excluding hydrogens is 546 g/mol. The first kappa shape index (κ1) is 25.9. The maximum atomic E-state index is 6.25. The molecule has 0 aliphatic heterocycles. The van der Waals surface area contributed by atoms with Gasteiger partial charge in [-0.2, -0.15) is 0 Å². The Kier molecular flexibility index (Phi) is 6.05. The van der Waals surface area contributed by atoms with Crippen molar-refractivity contribution in [1.82, 2.24) is 0 Å². The van der Waals surface area contributed by atoms with Crippen LogP contribution in [0.25, 0.3) is 43.8 Å². The molecule has 0 amide bonds. The number of hydrogen-bond acceptors (Lipinski definition) is 2. The summed E-state index contributed by atoms with van der Waals surface area (Å²) in [7, 11) is 0. The number of furan rings is 1. The van der Waals surface area contributed by atoms with Gasteiger partial charge in [-0.3, -0.25) is 0 Å². The Morgan fingerprint density at radius 3 is 2.07 bits per heavy atom. The number of nitrogens with zero attached hydrogens (tertiary/aromatic N) is 1. The molecule has 8 aromatic rings. The smallest absolute Gasteiger partial charge is 0.135 e. The van der Waals surface area contributed by atoms with Gasteiger partial charge in [-0.15, -0.1) is 0 Å². The summed E-state index contributed by atoms with van der Waals surface area (Å²) in [6.07, 6.45) is 2.00. The summed E-state index contributed by atoms with van der Waals surface area (Å²) in [5.74, 6) is 0.324. The highest BCUT2D eigenvalue weighted by atomic mass is 16.3. The summed E-state index contributed by atoms with van der Waals surface area (Å²) >= 11 is 0. The van der Waals surface area contributed by atoms with Gasteiger partial charge in [0.2, 0.25) is 0 Å². The molecule has 7 aromatic carbocycles. The lowest BCUT2D eigenvalue weighted by atomic mass is 9.86. The Morgan fingerprint density at radius 1 is 0.511 bits per heavy atom. The van der Waals surface area contributed by atoms with Crippen LogP contribution in [0.5, 0.6) is 0 Å². The third kappa shape index (κ3) is 4.25. The van der Waals surface area contributed by atoms with Crippen LogP contribution in [0.4, 0.5) is 17.1 Å². The Bertz CT molecular complexity index is 2330. The first-order valence-electron chi connectivity index (χ1n) is 15.8. The van der Waals surface area contributed by atoms with Crippen molar-refractivity contribution in [2.45, 2.75) is 18.8 Å². The second-order valence-corrected chi connectivity index (χ2v) is 12.0. The molecule has 1 heterocycles. The third-order valence-electron chi connectivity index (χ3n) is 9.49. The van der Waals surface area contributed by atoms with Crippen molar-refractivity contribution < 1.29 is 4.42 Å². The number of hydrogen-bond donors (Lipinski definition) is 0. The van der Waals surface area contributed by atoms with E-state index < -0.39 is 0 Å². The highest BCUT2D eigenvalue weighted by Crippen LogP contribution is 2.50. The van der Waals surface area contributed by atoms with Gasteiger partial charge in [-0.05, 0) is 88.5 Å².